The summed E-state index contributed by atoms with van der Waals surface area (Å²) >= 11 is 0. The van der Waals surface area contributed by atoms with Crippen molar-refractivity contribution in [3.63, 3.8) is 0 Å². The van der Waals surface area contributed by atoms with Crippen LogP contribution in [-0.4, -0.2) is 37.5 Å². The predicted molar refractivity (Wildman–Crippen MR) is 76.7 cm³/mol. The number of nitrogens with one attached hydrogen (secondary N) is 2. The molecule has 21 heavy (non-hydrogen) atoms. The number of hydrogen-bond acceptors (Lipinski definition) is 7. The smallest absolute Gasteiger partial charge is 0.274 e. The first-order chi connectivity index (χ1) is 10.1. The zero-order chi connectivity index (χ0) is 15.7. The van der Waals surface area contributed by atoms with Crippen LogP contribution < -0.4 is 10.6 Å². The van der Waals surface area contributed by atoms with Crippen LogP contribution in [0.25, 0.3) is 0 Å². The summed E-state index contributed by atoms with van der Waals surface area (Å²) in [5.41, 5.74) is 0.876. The Morgan fingerprint density at radius 1 is 1.52 bits per heavy atom. The van der Waals surface area contributed by atoms with E-state index in [4.69, 9.17) is 9.47 Å². The molecule has 0 fully saturated rings. The number of methoxy groups -OCH3 is 2. The Labute approximate surface area is 123 Å². The molecule has 1 aromatic rings. The van der Waals surface area contributed by atoms with E-state index in [9.17, 15) is 10.1 Å². The lowest BCUT2D eigenvalue weighted by Gasteiger charge is -2.24. The van der Waals surface area contributed by atoms with Gasteiger partial charge < -0.3 is 20.1 Å². The Morgan fingerprint density at radius 3 is 2.71 bits per heavy atom. The lowest BCUT2D eigenvalue weighted by Crippen LogP contribution is -2.32. The summed E-state index contributed by atoms with van der Waals surface area (Å²) in [6.07, 6.45) is 4.26. The van der Waals surface area contributed by atoms with Crippen molar-refractivity contribution >= 4 is 0 Å². The largest absolute Gasteiger partial charge is 0.370 e. The lowest BCUT2D eigenvalue weighted by atomic mass is 10.1. The monoisotopic (exact) mass is 296 g/mol. The van der Waals surface area contributed by atoms with Gasteiger partial charge in [-0.2, -0.15) is 0 Å². The Hall–Kier alpha value is -2.19. The highest BCUT2D eigenvalue weighted by Gasteiger charge is 2.19. The average Bonchev–Trinajstić information content (AvgIpc) is 2.50. The molecule has 0 spiro atoms. The molecule has 0 aromatic carbocycles. The molecule has 0 bridgehead atoms. The molecule has 0 aliphatic heterocycles. The average molecular weight is 296 g/mol. The minimum absolute atomic E-state index is 0.248. The topological polar surface area (TPSA) is 98.6 Å². The first kappa shape index (κ1) is 16.9. The SMILES string of the molecule is CN/C(=C\[N+](=O)[O-])NC(CC(OC)OC)c1cccnc1. The maximum absolute atomic E-state index is 10.6. The number of aromatic nitrogens is 1. The van der Waals surface area contributed by atoms with Crippen molar-refractivity contribution < 1.29 is 14.4 Å². The van der Waals surface area contributed by atoms with Gasteiger partial charge in [-0.25, -0.2) is 0 Å². The van der Waals surface area contributed by atoms with E-state index < -0.39 is 11.2 Å². The van der Waals surface area contributed by atoms with Crippen LogP contribution in [0.5, 0.6) is 0 Å². The Morgan fingerprint density at radius 2 is 2.24 bits per heavy atom. The number of pyridine rings is 1. The zero-order valence-corrected chi connectivity index (χ0v) is 12.3. The summed E-state index contributed by atoms with van der Waals surface area (Å²) in [4.78, 5) is 14.1. The second-order valence-corrected chi connectivity index (χ2v) is 4.20. The van der Waals surface area contributed by atoms with Gasteiger partial charge in [-0.05, 0) is 11.6 Å². The molecule has 116 valence electrons. The fraction of sp³-hybridized carbons (Fsp3) is 0.462. The molecule has 0 radical (unpaired) electrons. The molecule has 2 N–H and O–H groups in total. The van der Waals surface area contributed by atoms with Crippen LogP contribution in [0, 0.1) is 10.1 Å². The third-order valence-electron chi connectivity index (χ3n) is 2.87. The first-order valence-electron chi connectivity index (χ1n) is 6.35. The third-order valence-corrected chi connectivity index (χ3v) is 2.87. The van der Waals surface area contributed by atoms with Crippen LogP contribution in [0.2, 0.25) is 0 Å². The molecule has 0 saturated heterocycles. The summed E-state index contributed by atoms with van der Waals surface area (Å²) in [7, 11) is 4.69. The maximum atomic E-state index is 10.6. The number of nitrogens with zero attached hydrogens (tertiary/aromatic N) is 2. The molecular formula is C13H20N4O4. The second-order valence-electron chi connectivity index (χ2n) is 4.20. The standard InChI is InChI=1S/C13H20N4O4/c1-14-12(9-17(18)19)16-11(7-13(20-2)21-3)10-5-4-6-15-8-10/h4-6,8-9,11,13-14,16H,7H2,1-3H3/b12-9+. The normalized spacial score (nSPS) is 13.0. The third kappa shape index (κ3) is 5.76. The van der Waals surface area contributed by atoms with E-state index in [1.54, 1.807) is 39.7 Å². The molecule has 0 aliphatic carbocycles. The van der Waals surface area contributed by atoms with Crippen LogP contribution in [0.1, 0.15) is 18.0 Å². The van der Waals surface area contributed by atoms with Crippen molar-refractivity contribution in [2.45, 2.75) is 18.8 Å². The zero-order valence-electron chi connectivity index (χ0n) is 12.3. The van der Waals surface area contributed by atoms with Crippen LogP contribution in [0.4, 0.5) is 0 Å². The van der Waals surface area contributed by atoms with E-state index in [-0.39, 0.29) is 6.04 Å². The molecule has 0 saturated carbocycles. The molecule has 1 atom stereocenters. The number of nitro groups is 1. The number of ether oxygens (including phenoxy) is 2. The van der Waals surface area contributed by atoms with Crippen LogP contribution in [0.15, 0.2) is 36.5 Å². The second kappa shape index (κ2) is 8.88. The summed E-state index contributed by atoms with van der Waals surface area (Å²) in [6.45, 7) is 0. The quantitative estimate of drug-likeness (QED) is 0.398. The molecule has 8 nitrogen and oxygen atoms in total. The van der Waals surface area contributed by atoms with Gasteiger partial charge in [-0.3, -0.25) is 15.1 Å². The van der Waals surface area contributed by atoms with Crippen molar-refractivity contribution in [3.05, 3.63) is 52.2 Å². The van der Waals surface area contributed by atoms with E-state index in [2.05, 4.69) is 15.6 Å². The van der Waals surface area contributed by atoms with Crippen LogP contribution in [0.3, 0.4) is 0 Å². The highest BCUT2D eigenvalue weighted by Crippen LogP contribution is 2.20. The van der Waals surface area contributed by atoms with Crippen molar-refractivity contribution in [2.75, 3.05) is 21.3 Å². The Balaban J connectivity index is 2.93. The van der Waals surface area contributed by atoms with Crippen LogP contribution >= 0.6 is 0 Å². The lowest BCUT2D eigenvalue weighted by molar-refractivity contribution is -0.404. The first-order valence-corrected chi connectivity index (χ1v) is 6.35. The van der Waals surface area contributed by atoms with Gasteiger partial charge in [-0.1, -0.05) is 6.07 Å². The van der Waals surface area contributed by atoms with Gasteiger partial charge >= 0.3 is 0 Å². The summed E-state index contributed by atoms with van der Waals surface area (Å²) < 4.78 is 10.4. The van der Waals surface area contributed by atoms with E-state index >= 15 is 0 Å². The highest BCUT2D eigenvalue weighted by atomic mass is 16.7. The van der Waals surface area contributed by atoms with E-state index in [0.717, 1.165) is 11.8 Å². The molecular weight excluding hydrogens is 276 g/mol. The summed E-state index contributed by atoms with van der Waals surface area (Å²) in [6, 6.07) is 3.43. The predicted octanol–water partition coefficient (Wildman–Crippen LogP) is 1.02. The number of rotatable bonds is 9. The van der Waals surface area contributed by atoms with Gasteiger partial charge in [0.1, 0.15) is 0 Å². The van der Waals surface area contributed by atoms with Crippen molar-refractivity contribution in [1.82, 2.24) is 15.6 Å². The van der Waals surface area contributed by atoms with Crippen LogP contribution in [-0.2, 0) is 9.47 Å². The van der Waals surface area contributed by atoms with Gasteiger partial charge in [0.25, 0.3) is 6.20 Å². The van der Waals surface area contributed by atoms with Gasteiger partial charge in [0.15, 0.2) is 12.1 Å². The van der Waals surface area contributed by atoms with E-state index in [0.29, 0.717) is 12.2 Å². The fourth-order valence-corrected chi connectivity index (χ4v) is 1.81. The maximum Gasteiger partial charge on any atom is 0.274 e. The Bertz CT molecular complexity index is 462. The fourth-order valence-electron chi connectivity index (χ4n) is 1.81. The molecule has 1 unspecified atom stereocenters. The van der Waals surface area contributed by atoms with Crippen molar-refractivity contribution in [2.24, 2.45) is 0 Å². The van der Waals surface area contributed by atoms with Gasteiger partial charge in [0.2, 0.25) is 0 Å². The molecule has 0 amide bonds. The number of hydrogen-bond donors (Lipinski definition) is 2. The van der Waals surface area contributed by atoms with Gasteiger partial charge in [0, 0.05) is 40.1 Å². The molecule has 8 heteroatoms. The van der Waals surface area contributed by atoms with Crippen molar-refractivity contribution in [1.29, 1.82) is 0 Å². The Kier molecular flexibility index (Phi) is 7.13. The minimum atomic E-state index is -0.525. The molecule has 1 rings (SSSR count). The minimum Gasteiger partial charge on any atom is -0.370 e. The van der Waals surface area contributed by atoms with E-state index in [1.807, 2.05) is 6.07 Å². The van der Waals surface area contributed by atoms with Gasteiger partial charge in [0.05, 0.1) is 11.0 Å². The highest BCUT2D eigenvalue weighted by molar-refractivity contribution is 5.16. The van der Waals surface area contributed by atoms with E-state index in [1.165, 1.54) is 0 Å². The molecule has 1 heterocycles. The van der Waals surface area contributed by atoms with Gasteiger partial charge in [-0.15, -0.1) is 0 Å². The molecule has 0 aliphatic rings. The summed E-state index contributed by atoms with van der Waals surface area (Å²) in [5, 5.41) is 16.4. The van der Waals surface area contributed by atoms with Crippen molar-refractivity contribution in [3.8, 4) is 0 Å². The molecule has 1 aromatic heterocycles. The summed E-state index contributed by atoms with van der Waals surface area (Å²) in [5.74, 6) is 0.291.